The van der Waals surface area contributed by atoms with Crippen molar-refractivity contribution in [3.63, 3.8) is 0 Å². The zero-order valence-electron chi connectivity index (χ0n) is 16.1. The van der Waals surface area contributed by atoms with Crippen LogP contribution in [0, 0.1) is 5.92 Å². The molecule has 3 amide bonds. The minimum atomic E-state index is -1.67. The quantitative estimate of drug-likeness (QED) is 0.141. The second kappa shape index (κ2) is 13.0. The third kappa shape index (κ3) is 10.1. The van der Waals surface area contributed by atoms with Crippen molar-refractivity contribution in [1.29, 1.82) is 0 Å². The molecule has 0 aromatic carbocycles. The van der Waals surface area contributed by atoms with Crippen molar-refractivity contribution in [3.05, 3.63) is 0 Å². The molecular formula is C16H28N4O8S. The summed E-state index contributed by atoms with van der Waals surface area (Å²) in [6.07, 6.45) is -0.710. The monoisotopic (exact) mass is 436 g/mol. The first-order chi connectivity index (χ1) is 13.4. The topological polar surface area (TPSA) is 208 Å². The van der Waals surface area contributed by atoms with Gasteiger partial charge in [0.05, 0.1) is 13.0 Å². The number of nitrogens with one attached hydrogen (secondary N) is 3. The van der Waals surface area contributed by atoms with Crippen LogP contribution < -0.4 is 21.7 Å². The van der Waals surface area contributed by atoms with E-state index in [2.05, 4.69) is 28.6 Å². The number of carboxylic acids is 2. The van der Waals surface area contributed by atoms with Crippen molar-refractivity contribution >= 4 is 42.3 Å². The molecule has 0 saturated carbocycles. The number of rotatable bonds is 13. The molecule has 8 N–H and O–H groups in total. The van der Waals surface area contributed by atoms with Gasteiger partial charge in [0.25, 0.3) is 0 Å². The van der Waals surface area contributed by atoms with Gasteiger partial charge < -0.3 is 37.0 Å². The maximum Gasteiger partial charge on any atom is 0.326 e. The molecule has 0 aromatic heterocycles. The molecule has 4 unspecified atom stereocenters. The van der Waals surface area contributed by atoms with Gasteiger partial charge in [-0.25, -0.2) is 4.79 Å². The minimum Gasteiger partial charge on any atom is -0.481 e. The van der Waals surface area contributed by atoms with Crippen molar-refractivity contribution in [3.8, 4) is 0 Å². The van der Waals surface area contributed by atoms with E-state index in [9.17, 15) is 24.0 Å². The summed E-state index contributed by atoms with van der Waals surface area (Å²) in [4.78, 5) is 58.6. The van der Waals surface area contributed by atoms with Crippen molar-refractivity contribution in [2.24, 2.45) is 11.7 Å². The number of thiol groups is 1. The Morgan fingerprint density at radius 2 is 1.38 bits per heavy atom. The molecule has 0 fully saturated rings. The van der Waals surface area contributed by atoms with Gasteiger partial charge in [-0.3, -0.25) is 19.2 Å². The van der Waals surface area contributed by atoms with Crippen LogP contribution in [0.1, 0.15) is 26.7 Å². The average Bonchev–Trinajstić information content (AvgIpc) is 2.62. The molecule has 0 rings (SSSR count). The Morgan fingerprint density at radius 1 is 0.897 bits per heavy atom. The summed E-state index contributed by atoms with van der Waals surface area (Å²) in [7, 11) is 0. The van der Waals surface area contributed by atoms with E-state index in [4.69, 9.17) is 21.1 Å². The smallest absolute Gasteiger partial charge is 0.326 e. The van der Waals surface area contributed by atoms with Gasteiger partial charge in [-0.15, -0.1) is 0 Å². The Labute approximate surface area is 173 Å². The van der Waals surface area contributed by atoms with Gasteiger partial charge in [0.1, 0.15) is 24.2 Å². The molecule has 4 atom stereocenters. The summed E-state index contributed by atoms with van der Waals surface area (Å²) in [6, 6.07) is -5.26. The maximum atomic E-state index is 12.5. The lowest BCUT2D eigenvalue weighted by atomic mass is 10.0. The lowest BCUT2D eigenvalue weighted by Gasteiger charge is -2.25. The summed E-state index contributed by atoms with van der Waals surface area (Å²) in [5.41, 5.74) is 5.37. The first-order valence-electron chi connectivity index (χ1n) is 8.75. The number of hydrogen-bond donors (Lipinski definition) is 8. The molecule has 0 bridgehead atoms. The normalized spacial score (nSPS) is 15.0. The molecule has 166 valence electrons. The molecule has 0 saturated heterocycles. The maximum absolute atomic E-state index is 12.5. The first kappa shape index (κ1) is 26.6. The zero-order chi connectivity index (χ0) is 22.7. The summed E-state index contributed by atoms with van der Waals surface area (Å²) < 4.78 is 0. The number of aliphatic carboxylic acids is 2. The van der Waals surface area contributed by atoms with Crippen LogP contribution in [0.5, 0.6) is 0 Å². The number of aliphatic hydroxyl groups excluding tert-OH is 1. The predicted octanol–water partition coefficient (Wildman–Crippen LogP) is -2.70. The van der Waals surface area contributed by atoms with Gasteiger partial charge in [0.15, 0.2) is 0 Å². The lowest BCUT2D eigenvalue weighted by molar-refractivity contribution is -0.147. The van der Waals surface area contributed by atoms with E-state index >= 15 is 0 Å². The van der Waals surface area contributed by atoms with E-state index in [1.54, 1.807) is 13.8 Å². The van der Waals surface area contributed by atoms with Crippen LogP contribution in [-0.2, 0) is 24.0 Å². The van der Waals surface area contributed by atoms with Crippen LogP contribution in [0.15, 0.2) is 0 Å². The number of nitrogens with two attached hydrogens (primary N) is 1. The number of carbonyl (C=O) groups is 5. The van der Waals surface area contributed by atoms with E-state index < -0.39 is 66.9 Å². The number of carboxylic acid groups (broad SMARTS) is 2. The van der Waals surface area contributed by atoms with Crippen molar-refractivity contribution in [2.45, 2.75) is 50.9 Å². The molecular weight excluding hydrogens is 408 g/mol. The zero-order valence-corrected chi connectivity index (χ0v) is 17.0. The third-order valence-corrected chi connectivity index (χ3v) is 4.05. The molecule has 12 nitrogen and oxygen atoms in total. The molecule has 29 heavy (non-hydrogen) atoms. The fourth-order valence-corrected chi connectivity index (χ4v) is 2.44. The van der Waals surface area contributed by atoms with Gasteiger partial charge in [-0.2, -0.15) is 12.6 Å². The molecule has 0 aliphatic rings. The highest BCUT2D eigenvalue weighted by atomic mass is 32.1. The summed E-state index contributed by atoms with van der Waals surface area (Å²) >= 11 is 3.97. The van der Waals surface area contributed by atoms with E-state index in [1.807, 2.05) is 0 Å². The molecule has 0 aromatic rings. The van der Waals surface area contributed by atoms with Crippen LogP contribution in [0.25, 0.3) is 0 Å². The molecule has 0 heterocycles. The van der Waals surface area contributed by atoms with Gasteiger partial charge in [0, 0.05) is 5.75 Å². The highest BCUT2D eigenvalue weighted by molar-refractivity contribution is 7.80. The fourth-order valence-electron chi connectivity index (χ4n) is 2.18. The molecule has 0 radical (unpaired) electrons. The molecule has 0 aliphatic carbocycles. The predicted molar refractivity (Wildman–Crippen MR) is 104 cm³/mol. The summed E-state index contributed by atoms with van der Waals surface area (Å²) in [6.45, 7) is 2.89. The Bertz CT molecular complexity index is 616. The minimum absolute atomic E-state index is 0.0827. The Kier molecular flexibility index (Phi) is 11.9. The number of hydrogen-bond acceptors (Lipinski definition) is 8. The fraction of sp³-hybridized carbons (Fsp3) is 0.688. The first-order valence-corrected chi connectivity index (χ1v) is 9.39. The van der Waals surface area contributed by atoms with Crippen LogP contribution in [0.4, 0.5) is 0 Å². The summed E-state index contributed by atoms with van der Waals surface area (Å²) in [5, 5.41) is 33.5. The van der Waals surface area contributed by atoms with Gasteiger partial charge in [-0.1, -0.05) is 13.8 Å². The van der Waals surface area contributed by atoms with Crippen LogP contribution in [-0.4, -0.2) is 81.5 Å². The van der Waals surface area contributed by atoms with E-state index in [0.29, 0.717) is 0 Å². The molecule has 0 spiro atoms. The van der Waals surface area contributed by atoms with Crippen LogP contribution in [0.2, 0.25) is 0 Å². The van der Waals surface area contributed by atoms with Crippen LogP contribution >= 0.6 is 12.6 Å². The standard InChI is InChI=1S/C16H28N4O8S/c1-7(2)3-9(14(25)19-10(16(27)28)4-12(22)23)18-15(26)11(6-29)20-13(24)8(17)5-21/h7-11,21,29H,3-6,17H2,1-2H3,(H,18,26)(H,19,25)(H,20,24)(H,22,23)(H,27,28). The number of carbonyl (C=O) groups excluding carboxylic acids is 3. The van der Waals surface area contributed by atoms with Crippen molar-refractivity contribution in [1.82, 2.24) is 16.0 Å². The highest BCUT2D eigenvalue weighted by Gasteiger charge is 2.31. The Morgan fingerprint density at radius 3 is 1.79 bits per heavy atom. The van der Waals surface area contributed by atoms with Crippen molar-refractivity contribution in [2.75, 3.05) is 12.4 Å². The summed E-state index contributed by atoms with van der Waals surface area (Å²) in [5.74, 6) is -5.61. The Hall–Kier alpha value is -2.38. The molecule has 0 aliphatic heterocycles. The van der Waals surface area contributed by atoms with Crippen molar-refractivity contribution < 1.29 is 39.3 Å². The van der Waals surface area contributed by atoms with E-state index in [0.717, 1.165) is 0 Å². The largest absolute Gasteiger partial charge is 0.481 e. The van der Waals surface area contributed by atoms with E-state index in [-0.39, 0.29) is 18.1 Å². The average molecular weight is 436 g/mol. The third-order valence-electron chi connectivity index (χ3n) is 3.68. The lowest BCUT2D eigenvalue weighted by Crippen LogP contribution is -2.58. The van der Waals surface area contributed by atoms with Crippen LogP contribution in [0.3, 0.4) is 0 Å². The van der Waals surface area contributed by atoms with Gasteiger partial charge >= 0.3 is 11.9 Å². The number of amides is 3. The number of aliphatic hydroxyl groups is 1. The Balaban J connectivity index is 5.27. The molecule has 13 heteroatoms. The van der Waals surface area contributed by atoms with Gasteiger partial charge in [0.2, 0.25) is 17.7 Å². The van der Waals surface area contributed by atoms with Gasteiger partial charge in [-0.05, 0) is 12.3 Å². The second-order valence-corrected chi connectivity index (χ2v) is 7.09. The van der Waals surface area contributed by atoms with E-state index in [1.165, 1.54) is 0 Å². The highest BCUT2D eigenvalue weighted by Crippen LogP contribution is 2.07. The second-order valence-electron chi connectivity index (χ2n) is 6.72. The SMILES string of the molecule is CC(C)CC(NC(=O)C(CS)NC(=O)C(N)CO)C(=O)NC(CC(=O)O)C(=O)O.